The lowest BCUT2D eigenvalue weighted by molar-refractivity contribution is -0.122. The number of rotatable bonds is 5. The summed E-state index contributed by atoms with van der Waals surface area (Å²) < 4.78 is 0. The van der Waals surface area contributed by atoms with E-state index in [1.165, 1.54) is 0 Å². The number of amidine groups is 1. The molecule has 0 fully saturated rings. The van der Waals surface area contributed by atoms with Gasteiger partial charge in [0.1, 0.15) is 5.41 Å². The van der Waals surface area contributed by atoms with Crippen LogP contribution in [0.25, 0.3) is 0 Å². The lowest BCUT2D eigenvalue weighted by Crippen LogP contribution is -2.46. The number of pyridine rings is 1. The quantitative estimate of drug-likeness (QED) is 0.327. The minimum absolute atomic E-state index is 0.0726. The van der Waals surface area contributed by atoms with Gasteiger partial charge >= 0.3 is 0 Å². The molecule has 1 aromatic heterocycles. The van der Waals surface area contributed by atoms with Gasteiger partial charge in [-0.05, 0) is 31.9 Å². The largest absolute Gasteiger partial charge is 0.409 e. The molecule has 0 radical (unpaired) electrons. The van der Waals surface area contributed by atoms with E-state index < -0.39 is 5.41 Å². The summed E-state index contributed by atoms with van der Waals surface area (Å²) in [6.45, 7) is 5.47. The highest BCUT2D eigenvalue weighted by Crippen LogP contribution is 2.29. The molecule has 6 heteroatoms. The highest BCUT2D eigenvalue weighted by Gasteiger charge is 2.40. The number of hydrogen-bond acceptors (Lipinski definition) is 4. The zero-order chi connectivity index (χ0) is 14.5. The van der Waals surface area contributed by atoms with Crippen molar-refractivity contribution in [1.29, 1.82) is 0 Å². The molecule has 0 aliphatic rings. The molecular formula is C13H20N4O2. The van der Waals surface area contributed by atoms with Crippen LogP contribution >= 0.6 is 0 Å². The average Bonchev–Trinajstić information content (AvgIpc) is 2.43. The molecule has 1 rings (SSSR count). The Hall–Kier alpha value is -2.11. The second-order valence-electron chi connectivity index (χ2n) is 4.36. The minimum Gasteiger partial charge on any atom is -0.409 e. The van der Waals surface area contributed by atoms with Crippen molar-refractivity contribution in [1.82, 2.24) is 4.98 Å². The summed E-state index contributed by atoms with van der Waals surface area (Å²) in [6, 6.07) is 3.51. The number of hydrogen-bond donors (Lipinski definition) is 3. The first-order valence-electron chi connectivity index (χ1n) is 6.22. The van der Waals surface area contributed by atoms with Gasteiger partial charge in [-0.2, -0.15) is 0 Å². The first-order chi connectivity index (χ1) is 9.01. The number of carbonyl (C=O) groups is 1. The molecule has 0 aliphatic heterocycles. The Morgan fingerprint density at radius 3 is 2.63 bits per heavy atom. The Morgan fingerprint density at radius 1 is 1.53 bits per heavy atom. The molecule has 0 spiro atoms. The fourth-order valence-corrected chi connectivity index (χ4v) is 2.00. The highest BCUT2D eigenvalue weighted by molar-refractivity contribution is 6.11. The number of aryl methyl sites for hydroxylation is 1. The molecule has 0 saturated carbocycles. The van der Waals surface area contributed by atoms with Crippen LogP contribution < -0.4 is 11.1 Å². The van der Waals surface area contributed by atoms with E-state index in [-0.39, 0.29) is 11.7 Å². The number of nitrogens with two attached hydrogens (primary N) is 1. The lowest BCUT2D eigenvalue weighted by atomic mass is 9.80. The van der Waals surface area contributed by atoms with Crippen LogP contribution in [0.3, 0.4) is 0 Å². The van der Waals surface area contributed by atoms with Crippen LogP contribution in [0, 0.1) is 12.3 Å². The van der Waals surface area contributed by atoms with Crippen LogP contribution in [0.15, 0.2) is 23.5 Å². The van der Waals surface area contributed by atoms with E-state index in [4.69, 9.17) is 10.9 Å². The molecule has 0 atom stereocenters. The Morgan fingerprint density at radius 2 is 2.16 bits per heavy atom. The summed E-state index contributed by atoms with van der Waals surface area (Å²) in [5.41, 5.74) is 6.03. The highest BCUT2D eigenvalue weighted by atomic mass is 16.4. The molecule has 0 unspecified atom stereocenters. The van der Waals surface area contributed by atoms with Gasteiger partial charge in [0.15, 0.2) is 5.84 Å². The molecule has 19 heavy (non-hydrogen) atoms. The van der Waals surface area contributed by atoms with Crippen molar-refractivity contribution in [2.24, 2.45) is 16.3 Å². The predicted octanol–water partition coefficient (Wildman–Crippen LogP) is 1.88. The number of oxime groups is 1. The van der Waals surface area contributed by atoms with E-state index in [1.807, 2.05) is 13.8 Å². The molecule has 0 saturated heterocycles. The minimum atomic E-state index is -1.00. The molecule has 104 valence electrons. The Kier molecular flexibility index (Phi) is 4.86. The van der Waals surface area contributed by atoms with Gasteiger partial charge in [0.2, 0.25) is 5.91 Å². The van der Waals surface area contributed by atoms with Crippen molar-refractivity contribution in [3.05, 3.63) is 24.0 Å². The van der Waals surface area contributed by atoms with Gasteiger partial charge in [0.25, 0.3) is 0 Å². The van der Waals surface area contributed by atoms with E-state index in [0.717, 1.165) is 5.69 Å². The van der Waals surface area contributed by atoms with Gasteiger partial charge in [-0.25, -0.2) is 0 Å². The predicted molar refractivity (Wildman–Crippen MR) is 74.0 cm³/mol. The van der Waals surface area contributed by atoms with Crippen LogP contribution in [0.1, 0.15) is 32.4 Å². The van der Waals surface area contributed by atoms with Crippen molar-refractivity contribution in [2.45, 2.75) is 33.6 Å². The zero-order valence-corrected chi connectivity index (χ0v) is 11.5. The zero-order valence-electron chi connectivity index (χ0n) is 11.5. The monoisotopic (exact) mass is 264 g/mol. The maximum atomic E-state index is 12.4. The third-order valence-corrected chi connectivity index (χ3v) is 3.49. The maximum absolute atomic E-state index is 12.4. The first kappa shape index (κ1) is 14.9. The molecule has 0 aromatic carbocycles. The van der Waals surface area contributed by atoms with Crippen molar-refractivity contribution >= 4 is 17.4 Å². The molecule has 1 aromatic rings. The summed E-state index contributed by atoms with van der Waals surface area (Å²) in [4.78, 5) is 16.5. The van der Waals surface area contributed by atoms with Crippen LogP contribution in [-0.2, 0) is 4.79 Å². The van der Waals surface area contributed by atoms with E-state index in [9.17, 15) is 4.79 Å². The van der Waals surface area contributed by atoms with E-state index >= 15 is 0 Å². The van der Waals surface area contributed by atoms with E-state index in [2.05, 4.69) is 15.5 Å². The SMILES string of the molecule is CCC(CC)(C(=O)Nc1cccnc1C)C(N)=NO. The number of anilines is 1. The topological polar surface area (TPSA) is 101 Å². The van der Waals surface area contributed by atoms with E-state index in [1.54, 1.807) is 25.3 Å². The summed E-state index contributed by atoms with van der Waals surface area (Å²) in [7, 11) is 0. The molecule has 0 bridgehead atoms. The van der Waals surface area contributed by atoms with Gasteiger partial charge < -0.3 is 16.3 Å². The van der Waals surface area contributed by atoms with Gasteiger partial charge in [0, 0.05) is 6.20 Å². The Balaban J connectivity index is 3.06. The molecule has 4 N–H and O–H groups in total. The molecule has 1 heterocycles. The van der Waals surface area contributed by atoms with Gasteiger partial charge in [-0.1, -0.05) is 19.0 Å². The first-order valence-corrected chi connectivity index (χ1v) is 6.22. The fraction of sp³-hybridized carbons (Fsp3) is 0.462. The summed E-state index contributed by atoms with van der Waals surface area (Å²) in [6.07, 6.45) is 2.55. The van der Waals surface area contributed by atoms with Crippen LogP contribution in [0.5, 0.6) is 0 Å². The van der Waals surface area contributed by atoms with Crippen LogP contribution in [0.4, 0.5) is 5.69 Å². The average molecular weight is 264 g/mol. The van der Waals surface area contributed by atoms with Crippen LogP contribution in [0.2, 0.25) is 0 Å². The third kappa shape index (κ3) is 2.83. The maximum Gasteiger partial charge on any atom is 0.238 e. The number of carbonyl (C=O) groups excluding carboxylic acids is 1. The van der Waals surface area contributed by atoms with Gasteiger partial charge in [-0.15, -0.1) is 0 Å². The Bertz CT molecular complexity index is 481. The standard InChI is InChI=1S/C13H20N4O2/c1-4-13(5-2,11(14)17-19)12(18)16-10-7-6-8-15-9(10)3/h6-8,19H,4-5H2,1-3H3,(H2,14,17)(H,16,18). The second kappa shape index (κ2) is 6.17. The summed E-state index contributed by atoms with van der Waals surface area (Å²) in [5, 5.41) is 14.7. The summed E-state index contributed by atoms with van der Waals surface area (Å²) >= 11 is 0. The number of nitrogens with one attached hydrogen (secondary N) is 1. The molecule has 6 nitrogen and oxygen atoms in total. The molecule has 0 aliphatic carbocycles. The molecule has 1 amide bonds. The van der Waals surface area contributed by atoms with Gasteiger partial charge in [0.05, 0.1) is 11.4 Å². The number of aromatic nitrogens is 1. The lowest BCUT2D eigenvalue weighted by Gasteiger charge is -2.28. The normalized spacial score (nSPS) is 12.3. The van der Waals surface area contributed by atoms with Crippen molar-refractivity contribution in [3.8, 4) is 0 Å². The summed E-state index contributed by atoms with van der Waals surface area (Å²) in [5.74, 6) is -0.361. The van der Waals surface area contributed by atoms with Crippen molar-refractivity contribution in [3.63, 3.8) is 0 Å². The second-order valence-corrected chi connectivity index (χ2v) is 4.36. The Labute approximate surface area is 112 Å². The van der Waals surface area contributed by atoms with Crippen molar-refractivity contribution in [2.75, 3.05) is 5.32 Å². The van der Waals surface area contributed by atoms with Crippen LogP contribution in [-0.4, -0.2) is 21.9 Å². The van der Waals surface area contributed by atoms with Gasteiger partial charge in [-0.3, -0.25) is 9.78 Å². The fourth-order valence-electron chi connectivity index (χ4n) is 2.00. The third-order valence-electron chi connectivity index (χ3n) is 3.49. The van der Waals surface area contributed by atoms with Crippen molar-refractivity contribution < 1.29 is 10.0 Å². The van der Waals surface area contributed by atoms with E-state index in [0.29, 0.717) is 18.5 Å². The smallest absolute Gasteiger partial charge is 0.238 e. The number of nitrogens with zero attached hydrogens (tertiary/aromatic N) is 2. The number of amides is 1. The molecular weight excluding hydrogens is 244 g/mol.